The normalized spacial score (nSPS) is 10.3. The Hall–Kier alpha value is -2.77. The van der Waals surface area contributed by atoms with Crippen molar-refractivity contribution < 1.29 is 23.5 Å². The van der Waals surface area contributed by atoms with E-state index in [9.17, 15) is 18.4 Å². The highest BCUT2D eigenvalue weighted by Gasteiger charge is 2.18. The quantitative estimate of drug-likeness (QED) is 0.896. The molecule has 0 unspecified atom stereocenters. The van der Waals surface area contributed by atoms with Crippen LogP contribution in [0.3, 0.4) is 0 Å². The van der Waals surface area contributed by atoms with Crippen LogP contribution >= 0.6 is 0 Å². The minimum absolute atomic E-state index is 0.144. The van der Waals surface area contributed by atoms with Gasteiger partial charge in [-0.25, -0.2) is 13.6 Å². The van der Waals surface area contributed by atoms with Gasteiger partial charge in [-0.15, -0.1) is 0 Å². The number of carbonyl (C=O) groups is 2. The average molecular weight is 281 g/mol. The summed E-state index contributed by atoms with van der Waals surface area (Å²) in [5, 5.41) is 14.7. The number of carboxylic acid groups (broad SMARTS) is 1. The van der Waals surface area contributed by atoms with Gasteiger partial charge < -0.3 is 10.4 Å². The summed E-state index contributed by atoms with van der Waals surface area (Å²) in [5.74, 6) is -4.53. The Bertz CT molecular complexity index is 697. The van der Waals surface area contributed by atoms with E-state index in [1.54, 1.807) is 0 Å². The molecule has 1 amide bonds. The molecule has 0 saturated carbocycles. The highest BCUT2D eigenvalue weighted by molar-refractivity contribution is 6.03. The fraction of sp³-hybridized carbons (Fsp3) is 0.0833. The zero-order valence-electron chi connectivity index (χ0n) is 10.2. The van der Waals surface area contributed by atoms with E-state index in [0.717, 1.165) is 6.07 Å². The van der Waals surface area contributed by atoms with Crippen LogP contribution in [0.25, 0.3) is 0 Å². The van der Waals surface area contributed by atoms with Crippen LogP contribution in [0.4, 0.5) is 14.5 Å². The van der Waals surface area contributed by atoms with Crippen LogP contribution in [0.1, 0.15) is 20.8 Å². The number of rotatable bonds is 3. The summed E-state index contributed by atoms with van der Waals surface area (Å²) in [6.07, 6.45) is 1.37. The molecule has 0 saturated heterocycles. The maximum absolute atomic E-state index is 13.5. The molecule has 1 heterocycles. The second kappa shape index (κ2) is 5.08. The predicted molar refractivity (Wildman–Crippen MR) is 64.5 cm³/mol. The topological polar surface area (TPSA) is 84.2 Å². The van der Waals surface area contributed by atoms with Crippen LogP contribution in [0.15, 0.2) is 24.4 Å². The van der Waals surface area contributed by atoms with Crippen LogP contribution in [0.2, 0.25) is 0 Å². The number of anilines is 1. The number of nitrogens with one attached hydrogen (secondary N) is 1. The van der Waals surface area contributed by atoms with Crippen LogP contribution in [-0.4, -0.2) is 26.8 Å². The van der Waals surface area contributed by atoms with Crippen molar-refractivity contribution in [2.45, 2.75) is 0 Å². The molecule has 1 aromatic heterocycles. The van der Waals surface area contributed by atoms with E-state index >= 15 is 0 Å². The standard InChI is InChI=1S/C12H9F2N3O3/c1-17-10(2-3-15-17)11(18)16-9-4-6(12(19)20)7(13)5-8(9)14/h2-5H,1H3,(H,16,18)(H,19,20). The molecule has 20 heavy (non-hydrogen) atoms. The van der Waals surface area contributed by atoms with E-state index in [1.165, 1.54) is 24.0 Å². The minimum atomic E-state index is -1.56. The molecule has 0 aliphatic carbocycles. The number of carboxylic acids is 1. The van der Waals surface area contributed by atoms with Crippen molar-refractivity contribution >= 4 is 17.6 Å². The number of hydrogen-bond acceptors (Lipinski definition) is 3. The third kappa shape index (κ3) is 2.48. The highest BCUT2D eigenvalue weighted by Crippen LogP contribution is 2.20. The Morgan fingerprint density at radius 2 is 2.00 bits per heavy atom. The molecule has 1 aromatic carbocycles. The number of amides is 1. The van der Waals surface area contributed by atoms with Gasteiger partial charge in [0.05, 0.1) is 11.3 Å². The summed E-state index contributed by atoms with van der Waals surface area (Å²) in [7, 11) is 1.51. The summed E-state index contributed by atoms with van der Waals surface area (Å²) in [6, 6.07) is 2.53. The molecule has 0 aliphatic heterocycles. The molecule has 2 rings (SSSR count). The summed E-state index contributed by atoms with van der Waals surface area (Å²) in [6.45, 7) is 0. The van der Waals surface area contributed by atoms with Crippen LogP contribution in [-0.2, 0) is 7.05 Å². The molecule has 0 aliphatic rings. The van der Waals surface area contributed by atoms with Gasteiger partial charge in [-0.2, -0.15) is 5.10 Å². The van der Waals surface area contributed by atoms with Gasteiger partial charge in [0.2, 0.25) is 0 Å². The first kappa shape index (κ1) is 13.7. The molecule has 8 heteroatoms. The SMILES string of the molecule is Cn1nccc1C(=O)Nc1cc(C(=O)O)c(F)cc1F. The third-order valence-electron chi connectivity index (χ3n) is 2.59. The summed E-state index contributed by atoms with van der Waals surface area (Å²) < 4.78 is 28.0. The lowest BCUT2D eigenvalue weighted by atomic mass is 10.1. The minimum Gasteiger partial charge on any atom is -0.478 e. The summed E-state index contributed by atoms with van der Waals surface area (Å²) in [5.41, 5.74) is -1.01. The first-order valence-electron chi connectivity index (χ1n) is 5.42. The van der Waals surface area contributed by atoms with Crippen LogP contribution in [0.5, 0.6) is 0 Å². The lowest BCUT2D eigenvalue weighted by Gasteiger charge is -2.08. The Kier molecular flexibility index (Phi) is 3.47. The number of aromatic carboxylic acids is 1. The first-order chi connectivity index (χ1) is 9.40. The van der Waals surface area contributed by atoms with E-state index in [-0.39, 0.29) is 5.69 Å². The fourth-order valence-electron chi connectivity index (χ4n) is 1.59. The van der Waals surface area contributed by atoms with Gasteiger partial charge in [0.15, 0.2) is 0 Å². The fourth-order valence-corrected chi connectivity index (χ4v) is 1.59. The molecule has 0 radical (unpaired) electrons. The van der Waals surface area contributed by atoms with Gasteiger partial charge in [-0.05, 0) is 12.1 Å². The Labute approximate surface area is 111 Å². The van der Waals surface area contributed by atoms with Gasteiger partial charge >= 0.3 is 5.97 Å². The largest absolute Gasteiger partial charge is 0.478 e. The summed E-state index contributed by atoms with van der Waals surface area (Å²) >= 11 is 0. The molecule has 0 bridgehead atoms. The van der Waals surface area contributed by atoms with Crippen molar-refractivity contribution in [3.63, 3.8) is 0 Å². The van der Waals surface area contributed by atoms with Gasteiger partial charge in [0.25, 0.3) is 5.91 Å². The van der Waals surface area contributed by atoms with E-state index in [1.807, 2.05) is 0 Å². The van der Waals surface area contributed by atoms with Crippen molar-refractivity contribution in [2.75, 3.05) is 5.32 Å². The zero-order valence-corrected chi connectivity index (χ0v) is 10.2. The van der Waals surface area contributed by atoms with E-state index in [2.05, 4.69) is 10.4 Å². The first-order valence-corrected chi connectivity index (χ1v) is 5.42. The Balaban J connectivity index is 2.34. The molecular weight excluding hydrogens is 272 g/mol. The zero-order chi connectivity index (χ0) is 14.9. The van der Waals surface area contributed by atoms with Crippen LogP contribution in [0, 0.1) is 11.6 Å². The number of halogens is 2. The molecular formula is C12H9F2N3O3. The molecule has 0 spiro atoms. The number of carbonyl (C=O) groups excluding carboxylic acids is 1. The van der Waals surface area contributed by atoms with Crippen molar-refractivity contribution in [1.29, 1.82) is 0 Å². The monoisotopic (exact) mass is 281 g/mol. The maximum Gasteiger partial charge on any atom is 0.338 e. The Morgan fingerprint density at radius 3 is 2.55 bits per heavy atom. The van der Waals surface area contributed by atoms with E-state index in [0.29, 0.717) is 6.07 Å². The molecule has 2 aromatic rings. The van der Waals surface area contributed by atoms with E-state index < -0.39 is 34.8 Å². The highest BCUT2D eigenvalue weighted by atomic mass is 19.1. The molecule has 2 N–H and O–H groups in total. The molecule has 0 fully saturated rings. The van der Waals surface area contributed by atoms with Gasteiger partial charge in [-0.1, -0.05) is 0 Å². The van der Waals surface area contributed by atoms with Crippen molar-refractivity contribution in [1.82, 2.24) is 9.78 Å². The van der Waals surface area contributed by atoms with Crippen LogP contribution < -0.4 is 5.32 Å². The van der Waals surface area contributed by atoms with Crippen molar-refractivity contribution in [2.24, 2.45) is 7.05 Å². The van der Waals surface area contributed by atoms with Gasteiger partial charge in [0, 0.05) is 19.3 Å². The second-order valence-electron chi connectivity index (χ2n) is 3.91. The lowest BCUT2D eigenvalue weighted by molar-refractivity contribution is 0.0691. The van der Waals surface area contributed by atoms with Crippen molar-refractivity contribution in [3.05, 3.63) is 47.3 Å². The maximum atomic E-state index is 13.5. The predicted octanol–water partition coefficient (Wildman–Crippen LogP) is 1.65. The smallest absolute Gasteiger partial charge is 0.338 e. The number of nitrogens with zero attached hydrogens (tertiary/aromatic N) is 2. The Morgan fingerprint density at radius 1 is 1.30 bits per heavy atom. The number of benzene rings is 1. The van der Waals surface area contributed by atoms with Crippen molar-refractivity contribution in [3.8, 4) is 0 Å². The molecule has 104 valence electrons. The van der Waals surface area contributed by atoms with Gasteiger partial charge in [-0.3, -0.25) is 9.48 Å². The van der Waals surface area contributed by atoms with Gasteiger partial charge in [0.1, 0.15) is 17.3 Å². The number of hydrogen-bond donors (Lipinski definition) is 2. The summed E-state index contributed by atoms with van der Waals surface area (Å²) in [4.78, 5) is 22.6. The van der Waals surface area contributed by atoms with E-state index in [4.69, 9.17) is 5.11 Å². The average Bonchev–Trinajstić information content (AvgIpc) is 2.78. The molecule has 6 nitrogen and oxygen atoms in total. The number of aromatic nitrogens is 2. The third-order valence-corrected chi connectivity index (χ3v) is 2.59. The number of aryl methyl sites for hydroxylation is 1. The lowest BCUT2D eigenvalue weighted by Crippen LogP contribution is -2.17. The molecule has 0 atom stereocenters. The second-order valence-corrected chi connectivity index (χ2v) is 3.91.